The van der Waals surface area contributed by atoms with Crippen molar-refractivity contribution in [2.24, 2.45) is 0 Å². The number of benzene rings is 1. The molecule has 0 bridgehead atoms. The van der Waals surface area contributed by atoms with Gasteiger partial charge in [0.25, 0.3) is 0 Å². The van der Waals surface area contributed by atoms with E-state index in [1.54, 1.807) is 37.4 Å². The number of hydrogen-bond acceptors (Lipinski definition) is 2. The van der Waals surface area contributed by atoms with Crippen molar-refractivity contribution in [3.63, 3.8) is 0 Å². The van der Waals surface area contributed by atoms with E-state index in [9.17, 15) is 9.18 Å². The molecule has 4 heteroatoms. The van der Waals surface area contributed by atoms with E-state index in [0.29, 0.717) is 17.7 Å². The molecule has 0 aliphatic heterocycles. The van der Waals surface area contributed by atoms with Crippen molar-refractivity contribution >= 4 is 12.0 Å². The van der Waals surface area contributed by atoms with E-state index in [1.807, 2.05) is 18.3 Å². The Hall–Kier alpha value is -2.49. The number of nitrogens with one attached hydrogen (secondary N) is 1. The van der Waals surface area contributed by atoms with Crippen molar-refractivity contribution in [3.05, 3.63) is 71.3 Å². The maximum atomic E-state index is 13.5. The second-order valence-electron chi connectivity index (χ2n) is 5.07. The van der Waals surface area contributed by atoms with Crippen molar-refractivity contribution in [2.45, 2.75) is 19.8 Å². The number of carbonyl (C=O) groups excluding carboxylic acids is 1. The van der Waals surface area contributed by atoms with E-state index in [-0.39, 0.29) is 11.7 Å². The average molecular weight is 298 g/mol. The zero-order valence-electron chi connectivity index (χ0n) is 12.6. The SMILES string of the molecule is C/C(=C\c1ccccc1F)C(=O)NCCCc1cccnc1. The Balaban J connectivity index is 1.81. The quantitative estimate of drug-likeness (QED) is 0.656. The van der Waals surface area contributed by atoms with Crippen molar-refractivity contribution in [2.75, 3.05) is 6.54 Å². The molecule has 3 nitrogen and oxygen atoms in total. The fourth-order valence-corrected chi connectivity index (χ4v) is 2.07. The van der Waals surface area contributed by atoms with Crippen LogP contribution in [0.5, 0.6) is 0 Å². The standard InChI is InChI=1S/C18H19FN2O/c1-14(12-16-8-2-3-9-17(16)19)18(22)21-11-5-7-15-6-4-10-20-13-15/h2-4,6,8-10,12-13H,5,7,11H2,1H3,(H,21,22)/b14-12+. The first-order valence-electron chi connectivity index (χ1n) is 7.27. The minimum absolute atomic E-state index is 0.172. The van der Waals surface area contributed by atoms with Crippen molar-refractivity contribution in [1.29, 1.82) is 0 Å². The van der Waals surface area contributed by atoms with Gasteiger partial charge in [0.2, 0.25) is 5.91 Å². The van der Waals surface area contributed by atoms with Gasteiger partial charge in [0, 0.05) is 30.1 Å². The third-order valence-corrected chi connectivity index (χ3v) is 3.29. The van der Waals surface area contributed by atoms with Gasteiger partial charge in [-0.15, -0.1) is 0 Å². The Bertz CT molecular complexity index is 653. The molecule has 0 radical (unpaired) electrons. The summed E-state index contributed by atoms with van der Waals surface area (Å²) >= 11 is 0. The summed E-state index contributed by atoms with van der Waals surface area (Å²) in [5.41, 5.74) is 2.06. The van der Waals surface area contributed by atoms with Crippen LogP contribution in [-0.2, 0) is 11.2 Å². The summed E-state index contributed by atoms with van der Waals surface area (Å²) in [5, 5.41) is 2.84. The number of carbonyl (C=O) groups is 1. The first kappa shape index (κ1) is 15.9. The van der Waals surface area contributed by atoms with Gasteiger partial charge in [0.05, 0.1) is 0 Å². The summed E-state index contributed by atoms with van der Waals surface area (Å²) < 4.78 is 13.5. The summed E-state index contributed by atoms with van der Waals surface area (Å²) in [5.74, 6) is -0.499. The maximum Gasteiger partial charge on any atom is 0.246 e. The number of amides is 1. The van der Waals surface area contributed by atoms with Crippen molar-refractivity contribution in [1.82, 2.24) is 10.3 Å². The predicted molar refractivity (Wildman–Crippen MR) is 85.6 cm³/mol. The van der Waals surface area contributed by atoms with E-state index in [1.165, 1.54) is 6.07 Å². The summed E-state index contributed by atoms with van der Waals surface area (Å²) in [6.07, 6.45) is 6.83. The topological polar surface area (TPSA) is 42.0 Å². The molecule has 0 spiro atoms. The lowest BCUT2D eigenvalue weighted by Crippen LogP contribution is -2.25. The first-order chi connectivity index (χ1) is 10.7. The molecule has 0 aliphatic carbocycles. The minimum Gasteiger partial charge on any atom is -0.352 e. The number of aryl methyl sites for hydroxylation is 1. The summed E-state index contributed by atoms with van der Waals surface area (Å²) in [4.78, 5) is 16.0. The molecule has 1 aromatic carbocycles. The predicted octanol–water partition coefficient (Wildman–Crippen LogP) is 3.37. The zero-order chi connectivity index (χ0) is 15.8. The highest BCUT2D eigenvalue weighted by Crippen LogP contribution is 2.11. The Labute approximate surface area is 129 Å². The van der Waals surface area contributed by atoms with Crippen LogP contribution in [0.25, 0.3) is 6.08 Å². The third-order valence-electron chi connectivity index (χ3n) is 3.29. The molecule has 1 amide bonds. The van der Waals surface area contributed by atoms with Gasteiger partial charge in [-0.2, -0.15) is 0 Å². The lowest BCUT2D eigenvalue weighted by molar-refractivity contribution is -0.117. The second kappa shape index (κ2) is 8.08. The molecule has 1 aromatic heterocycles. The molecule has 1 heterocycles. The van der Waals surface area contributed by atoms with Crippen LogP contribution in [0, 0.1) is 5.82 Å². The molecular weight excluding hydrogens is 279 g/mol. The molecule has 0 saturated carbocycles. The largest absolute Gasteiger partial charge is 0.352 e. The highest BCUT2D eigenvalue weighted by molar-refractivity contribution is 5.97. The summed E-state index contributed by atoms with van der Waals surface area (Å²) in [7, 11) is 0. The molecule has 0 saturated heterocycles. The smallest absolute Gasteiger partial charge is 0.246 e. The zero-order valence-corrected chi connectivity index (χ0v) is 12.6. The van der Waals surface area contributed by atoms with Crippen LogP contribution >= 0.6 is 0 Å². The number of rotatable bonds is 6. The minimum atomic E-state index is -0.328. The Morgan fingerprint density at radius 1 is 1.27 bits per heavy atom. The molecule has 0 aliphatic rings. The lowest BCUT2D eigenvalue weighted by Gasteiger charge is -2.06. The van der Waals surface area contributed by atoms with E-state index in [0.717, 1.165) is 18.4 Å². The van der Waals surface area contributed by atoms with Gasteiger partial charge in [0.15, 0.2) is 0 Å². The monoisotopic (exact) mass is 298 g/mol. The van der Waals surface area contributed by atoms with Crippen LogP contribution in [0.2, 0.25) is 0 Å². The van der Waals surface area contributed by atoms with E-state index >= 15 is 0 Å². The van der Waals surface area contributed by atoms with Gasteiger partial charge in [-0.1, -0.05) is 24.3 Å². The molecule has 2 rings (SSSR count). The molecular formula is C18H19FN2O. The van der Waals surface area contributed by atoms with Crippen LogP contribution in [0.15, 0.2) is 54.4 Å². The summed E-state index contributed by atoms with van der Waals surface area (Å²) in [6, 6.07) is 10.3. The Morgan fingerprint density at radius 3 is 2.82 bits per heavy atom. The van der Waals surface area contributed by atoms with E-state index in [4.69, 9.17) is 0 Å². The van der Waals surface area contributed by atoms with Crippen LogP contribution < -0.4 is 5.32 Å². The second-order valence-corrected chi connectivity index (χ2v) is 5.07. The summed E-state index contributed by atoms with van der Waals surface area (Å²) in [6.45, 7) is 2.26. The van der Waals surface area contributed by atoms with Gasteiger partial charge >= 0.3 is 0 Å². The maximum absolute atomic E-state index is 13.5. The van der Waals surface area contributed by atoms with Gasteiger partial charge < -0.3 is 5.32 Å². The molecule has 0 unspecified atom stereocenters. The molecule has 114 valence electrons. The average Bonchev–Trinajstić information content (AvgIpc) is 2.54. The Morgan fingerprint density at radius 2 is 2.09 bits per heavy atom. The van der Waals surface area contributed by atoms with Crippen LogP contribution in [0.1, 0.15) is 24.5 Å². The van der Waals surface area contributed by atoms with Crippen molar-refractivity contribution < 1.29 is 9.18 Å². The normalized spacial score (nSPS) is 11.3. The van der Waals surface area contributed by atoms with Gasteiger partial charge in [-0.05, 0) is 43.5 Å². The van der Waals surface area contributed by atoms with Gasteiger partial charge in [0.1, 0.15) is 5.82 Å². The number of hydrogen-bond donors (Lipinski definition) is 1. The Kier molecular flexibility index (Phi) is 5.83. The number of halogens is 1. The van der Waals surface area contributed by atoms with Crippen LogP contribution in [-0.4, -0.2) is 17.4 Å². The fourth-order valence-electron chi connectivity index (χ4n) is 2.07. The van der Waals surface area contributed by atoms with E-state index < -0.39 is 0 Å². The first-order valence-corrected chi connectivity index (χ1v) is 7.27. The lowest BCUT2D eigenvalue weighted by atomic mass is 10.1. The highest BCUT2D eigenvalue weighted by atomic mass is 19.1. The molecule has 2 aromatic rings. The molecule has 0 fully saturated rings. The number of nitrogens with zero attached hydrogens (tertiary/aromatic N) is 1. The van der Waals surface area contributed by atoms with Gasteiger partial charge in [-0.3, -0.25) is 9.78 Å². The highest BCUT2D eigenvalue weighted by Gasteiger charge is 2.05. The van der Waals surface area contributed by atoms with Crippen molar-refractivity contribution in [3.8, 4) is 0 Å². The third kappa shape index (κ3) is 4.81. The molecule has 22 heavy (non-hydrogen) atoms. The molecule has 0 atom stereocenters. The number of aromatic nitrogens is 1. The molecule has 1 N–H and O–H groups in total. The fraction of sp³-hybridized carbons (Fsp3) is 0.222. The number of pyridine rings is 1. The van der Waals surface area contributed by atoms with Gasteiger partial charge in [-0.25, -0.2) is 4.39 Å². The van der Waals surface area contributed by atoms with Crippen LogP contribution in [0.3, 0.4) is 0 Å². The van der Waals surface area contributed by atoms with E-state index in [2.05, 4.69) is 10.3 Å². The van der Waals surface area contributed by atoms with Crippen LogP contribution in [0.4, 0.5) is 4.39 Å².